The molecule has 3 aromatic rings. The van der Waals surface area contributed by atoms with E-state index in [0.29, 0.717) is 6.04 Å². The van der Waals surface area contributed by atoms with Gasteiger partial charge in [-0.25, -0.2) is 4.39 Å². The van der Waals surface area contributed by atoms with Crippen molar-refractivity contribution in [1.29, 1.82) is 0 Å². The van der Waals surface area contributed by atoms with Crippen LogP contribution in [0.5, 0.6) is 0 Å². The van der Waals surface area contributed by atoms with Gasteiger partial charge in [0, 0.05) is 37.1 Å². The van der Waals surface area contributed by atoms with Gasteiger partial charge < -0.3 is 9.80 Å². The van der Waals surface area contributed by atoms with E-state index >= 15 is 0 Å². The van der Waals surface area contributed by atoms with Crippen LogP contribution in [-0.2, 0) is 0 Å². The van der Waals surface area contributed by atoms with Crippen LogP contribution >= 0.6 is 0 Å². The Hall–Kier alpha value is -2.73. The fraction of sp³-hybridized carbons (Fsp3) is 0.391. The molecule has 0 bridgehead atoms. The Labute approximate surface area is 171 Å². The van der Waals surface area contributed by atoms with E-state index in [1.54, 1.807) is 24.5 Å². The highest BCUT2D eigenvalue weighted by atomic mass is 19.1. The fourth-order valence-electron chi connectivity index (χ4n) is 4.36. The predicted molar refractivity (Wildman–Crippen MR) is 115 cm³/mol. The normalized spacial score (nSPS) is 15.2. The van der Waals surface area contributed by atoms with Crippen LogP contribution in [0.4, 0.5) is 10.2 Å². The van der Waals surface area contributed by atoms with Gasteiger partial charge in [-0.2, -0.15) is 5.10 Å². The molecule has 4 rings (SSSR count). The summed E-state index contributed by atoms with van der Waals surface area (Å²) in [6, 6.07) is 11.2. The molecule has 0 spiro atoms. The Morgan fingerprint density at radius 1 is 1.00 bits per heavy atom. The maximum Gasteiger partial charge on any atom is 0.158 e. The van der Waals surface area contributed by atoms with Crippen LogP contribution in [0.2, 0.25) is 0 Å². The Bertz CT molecular complexity index is 910. The zero-order valence-corrected chi connectivity index (χ0v) is 17.1. The first-order chi connectivity index (χ1) is 14.2. The number of nitrogens with one attached hydrogen (secondary N) is 1. The molecule has 0 radical (unpaired) electrons. The molecule has 1 saturated heterocycles. The summed E-state index contributed by atoms with van der Waals surface area (Å²) in [6.45, 7) is 8.63. The number of halogens is 1. The first kappa shape index (κ1) is 19.6. The molecule has 0 aliphatic carbocycles. The molecule has 29 heavy (non-hydrogen) atoms. The first-order valence-corrected chi connectivity index (χ1v) is 10.4. The topological polar surface area (TPSA) is 48.0 Å². The summed E-state index contributed by atoms with van der Waals surface area (Å²) in [5.41, 5.74) is 3.96. The number of rotatable bonds is 6. The van der Waals surface area contributed by atoms with Crippen LogP contribution < -0.4 is 4.90 Å². The second-order valence-electron chi connectivity index (χ2n) is 7.48. The molecule has 1 fully saturated rings. The number of pyridine rings is 1. The summed E-state index contributed by atoms with van der Waals surface area (Å²) in [5, 5.41) is 7.92. The third-order valence-electron chi connectivity index (χ3n) is 5.94. The summed E-state index contributed by atoms with van der Waals surface area (Å²) in [4.78, 5) is 9.09. The number of piperidine rings is 1. The lowest BCUT2D eigenvalue weighted by Crippen LogP contribution is -2.45. The molecule has 1 aromatic carbocycles. The lowest BCUT2D eigenvalue weighted by Gasteiger charge is -2.38. The maximum absolute atomic E-state index is 13.4. The fourth-order valence-corrected chi connectivity index (χ4v) is 4.36. The van der Waals surface area contributed by atoms with Crippen LogP contribution in [0.1, 0.15) is 26.7 Å². The van der Waals surface area contributed by atoms with E-state index in [2.05, 4.69) is 33.7 Å². The van der Waals surface area contributed by atoms with E-state index in [9.17, 15) is 4.39 Å². The minimum Gasteiger partial charge on any atom is -0.355 e. The molecule has 6 heteroatoms. The number of hydrogen-bond donors (Lipinski definition) is 1. The van der Waals surface area contributed by atoms with Crippen LogP contribution in [0, 0.1) is 5.82 Å². The number of benzene rings is 1. The van der Waals surface area contributed by atoms with Crippen LogP contribution in [0.3, 0.4) is 0 Å². The van der Waals surface area contributed by atoms with Gasteiger partial charge in [-0.05, 0) is 67.9 Å². The third kappa shape index (κ3) is 4.03. The lowest BCUT2D eigenvalue weighted by molar-refractivity contribution is 0.186. The lowest BCUT2D eigenvalue weighted by atomic mass is 9.99. The van der Waals surface area contributed by atoms with E-state index in [1.165, 1.54) is 12.1 Å². The SMILES string of the molecule is CCN(CC)C1CCN(c2n[nH]c(-c3ccc(F)cc3)c2-c2ccncc2)CC1. The molecule has 0 saturated carbocycles. The highest BCUT2D eigenvalue weighted by molar-refractivity contribution is 5.89. The maximum atomic E-state index is 13.4. The second-order valence-corrected chi connectivity index (χ2v) is 7.48. The predicted octanol–water partition coefficient (Wildman–Crippen LogP) is 4.59. The number of nitrogens with zero attached hydrogens (tertiary/aromatic N) is 4. The first-order valence-electron chi connectivity index (χ1n) is 10.4. The minimum absolute atomic E-state index is 0.238. The standard InChI is InChI=1S/C23H28FN5/c1-3-28(4-2)20-11-15-29(16-12-20)23-21(17-9-13-25-14-10-17)22(26-27-23)18-5-7-19(24)8-6-18/h5-10,13-14,20H,3-4,11-12,15-16H2,1-2H3,(H,26,27). The Kier molecular flexibility index (Phi) is 5.90. The average Bonchev–Trinajstić information content (AvgIpc) is 3.21. The largest absolute Gasteiger partial charge is 0.355 e. The van der Waals surface area contributed by atoms with E-state index < -0.39 is 0 Å². The molecule has 1 N–H and O–H groups in total. The van der Waals surface area contributed by atoms with Gasteiger partial charge in [0.1, 0.15) is 5.82 Å². The van der Waals surface area contributed by atoms with Crippen LogP contribution in [0.25, 0.3) is 22.4 Å². The van der Waals surface area contributed by atoms with Crippen molar-refractivity contribution in [1.82, 2.24) is 20.1 Å². The van der Waals surface area contributed by atoms with Crippen molar-refractivity contribution in [2.24, 2.45) is 0 Å². The van der Waals surface area contributed by atoms with Crippen molar-refractivity contribution in [3.05, 3.63) is 54.6 Å². The number of aromatic amines is 1. The van der Waals surface area contributed by atoms with Crippen molar-refractivity contribution < 1.29 is 4.39 Å². The van der Waals surface area contributed by atoms with Crippen molar-refractivity contribution in [3.8, 4) is 22.4 Å². The Morgan fingerprint density at radius 3 is 2.28 bits per heavy atom. The second kappa shape index (κ2) is 8.74. The molecule has 3 heterocycles. The third-order valence-corrected chi connectivity index (χ3v) is 5.94. The zero-order valence-electron chi connectivity index (χ0n) is 17.1. The summed E-state index contributed by atoms with van der Waals surface area (Å²) in [5.74, 6) is 0.728. The summed E-state index contributed by atoms with van der Waals surface area (Å²) < 4.78 is 13.4. The molecule has 0 amide bonds. The van der Waals surface area contributed by atoms with Gasteiger partial charge in [0.05, 0.1) is 11.3 Å². The average molecular weight is 394 g/mol. The highest BCUT2D eigenvalue weighted by Crippen LogP contribution is 2.38. The van der Waals surface area contributed by atoms with Crippen molar-refractivity contribution in [3.63, 3.8) is 0 Å². The summed E-state index contributed by atoms with van der Waals surface area (Å²) in [6.07, 6.45) is 5.87. The molecule has 5 nitrogen and oxygen atoms in total. The van der Waals surface area contributed by atoms with Crippen LogP contribution in [0.15, 0.2) is 48.8 Å². The van der Waals surface area contributed by atoms with Crippen LogP contribution in [-0.4, -0.2) is 52.3 Å². The molecular formula is C23H28FN5. The van der Waals surface area contributed by atoms with Gasteiger partial charge in [-0.15, -0.1) is 0 Å². The summed E-state index contributed by atoms with van der Waals surface area (Å²) in [7, 11) is 0. The van der Waals surface area contributed by atoms with Gasteiger partial charge in [0.25, 0.3) is 0 Å². The minimum atomic E-state index is -0.238. The van der Waals surface area contributed by atoms with E-state index in [0.717, 1.165) is 67.2 Å². The van der Waals surface area contributed by atoms with Crippen molar-refractivity contribution >= 4 is 5.82 Å². The molecule has 0 atom stereocenters. The quantitative estimate of drug-likeness (QED) is 0.666. The summed E-state index contributed by atoms with van der Waals surface area (Å²) >= 11 is 0. The van der Waals surface area contributed by atoms with Gasteiger partial charge >= 0.3 is 0 Å². The number of anilines is 1. The number of aromatic nitrogens is 3. The number of hydrogen-bond acceptors (Lipinski definition) is 4. The zero-order chi connectivity index (χ0) is 20.2. The van der Waals surface area contributed by atoms with E-state index in [1.807, 2.05) is 12.1 Å². The van der Waals surface area contributed by atoms with E-state index in [4.69, 9.17) is 5.10 Å². The Balaban J connectivity index is 1.67. The molecular weight excluding hydrogens is 365 g/mol. The smallest absolute Gasteiger partial charge is 0.158 e. The van der Waals surface area contributed by atoms with Gasteiger partial charge in [0.2, 0.25) is 0 Å². The molecule has 0 unspecified atom stereocenters. The van der Waals surface area contributed by atoms with Gasteiger partial charge in [-0.1, -0.05) is 13.8 Å². The molecule has 2 aromatic heterocycles. The van der Waals surface area contributed by atoms with E-state index in [-0.39, 0.29) is 5.82 Å². The van der Waals surface area contributed by atoms with Gasteiger partial charge in [-0.3, -0.25) is 10.1 Å². The van der Waals surface area contributed by atoms with Crippen molar-refractivity contribution in [2.75, 3.05) is 31.1 Å². The molecule has 1 aliphatic heterocycles. The number of H-pyrrole nitrogens is 1. The highest BCUT2D eigenvalue weighted by Gasteiger charge is 2.27. The van der Waals surface area contributed by atoms with Crippen molar-refractivity contribution in [2.45, 2.75) is 32.7 Å². The molecule has 1 aliphatic rings. The Morgan fingerprint density at radius 2 is 1.66 bits per heavy atom. The molecule has 152 valence electrons. The monoisotopic (exact) mass is 393 g/mol. The van der Waals surface area contributed by atoms with Gasteiger partial charge in [0.15, 0.2) is 5.82 Å².